The molecule has 0 spiro atoms. The van der Waals surface area contributed by atoms with Gasteiger partial charge in [-0.25, -0.2) is 0 Å². The molecule has 1 aliphatic heterocycles. The van der Waals surface area contributed by atoms with E-state index in [0.29, 0.717) is 24.2 Å². The first-order valence-corrected chi connectivity index (χ1v) is 9.53. The summed E-state index contributed by atoms with van der Waals surface area (Å²) in [4.78, 5) is 60.6. The fraction of sp³-hybridized carbons (Fsp3) is 0.450. The maximum Gasteiger partial charge on any atom is 0.326 e. The van der Waals surface area contributed by atoms with Crippen LogP contribution in [0.5, 0.6) is 0 Å². The number of carbonyl (C=O) groups is 5. The topological polar surface area (TPSA) is 122 Å². The van der Waals surface area contributed by atoms with Crippen molar-refractivity contribution >= 4 is 41.0 Å². The average Bonchev–Trinajstić information content (AvgIpc) is 2.93. The molecule has 2 fully saturated rings. The molecular formula is C20H23N3O6. The van der Waals surface area contributed by atoms with Gasteiger partial charge in [-0.15, -0.1) is 0 Å². The Morgan fingerprint density at radius 2 is 1.48 bits per heavy atom. The highest BCUT2D eigenvalue weighted by molar-refractivity contribution is 6.07. The summed E-state index contributed by atoms with van der Waals surface area (Å²) in [7, 11) is 0. The molecule has 2 atom stereocenters. The Bertz CT molecular complexity index is 811. The van der Waals surface area contributed by atoms with Gasteiger partial charge in [0.2, 0.25) is 17.7 Å². The van der Waals surface area contributed by atoms with E-state index in [4.69, 9.17) is 4.74 Å². The molecule has 1 saturated heterocycles. The molecular weight excluding hydrogens is 378 g/mol. The molecule has 1 aromatic carbocycles. The van der Waals surface area contributed by atoms with Gasteiger partial charge in [-0.05, 0) is 37.1 Å². The van der Waals surface area contributed by atoms with Crippen molar-refractivity contribution < 1.29 is 28.7 Å². The quantitative estimate of drug-likeness (QED) is 0.547. The van der Waals surface area contributed by atoms with Crippen molar-refractivity contribution in [3.63, 3.8) is 0 Å². The minimum Gasteiger partial charge on any atom is -0.454 e. The summed E-state index contributed by atoms with van der Waals surface area (Å²) in [6.07, 6.45) is 3.16. The third-order valence-electron chi connectivity index (χ3n) is 5.07. The summed E-state index contributed by atoms with van der Waals surface area (Å²) >= 11 is 0. The first-order chi connectivity index (χ1) is 13.8. The molecule has 9 nitrogen and oxygen atoms in total. The molecule has 1 aromatic rings. The number of imide groups is 1. The number of hydrogen-bond acceptors (Lipinski definition) is 6. The fourth-order valence-electron chi connectivity index (χ4n) is 3.74. The number of likely N-dealkylation sites (tertiary alicyclic amines) is 1. The van der Waals surface area contributed by atoms with Crippen molar-refractivity contribution in [1.82, 2.24) is 4.90 Å². The van der Waals surface area contributed by atoms with Gasteiger partial charge in [0.05, 0.1) is 11.8 Å². The van der Waals surface area contributed by atoms with E-state index in [1.165, 1.54) is 6.92 Å². The first-order valence-electron chi connectivity index (χ1n) is 9.53. The third-order valence-corrected chi connectivity index (χ3v) is 5.07. The number of fused-ring (bicyclic) bond motifs is 1. The van der Waals surface area contributed by atoms with Crippen LogP contribution in [0.25, 0.3) is 0 Å². The Labute approximate surface area is 167 Å². The molecule has 1 heterocycles. The SMILES string of the molecule is CC(=O)Nc1ccc(NC(=O)COC(=O)CN2C(=O)[C@@H]3CCCC[C@H]3C2=O)cc1. The second kappa shape index (κ2) is 8.85. The summed E-state index contributed by atoms with van der Waals surface area (Å²) in [5.74, 6) is -2.86. The molecule has 0 unspecified atom stereocenters. The van der Waals surface area contributed by atoms with E-state index in [2.05, 4.69) is 10.6 Å². The molecule has 3 rings (SSSR count). The number of rotatable bonds is 6. The Balaban J connectivity index is 1.45. The minimum atomic E-state index is -0.804. The number of benzene rings is 1. The molecule has 2 N–H and O–H groups in total. The number of esters is 1. The van der Waals surface area contributed by atoms with Crippen LogP contribution < -0.4 is 10.6 Å². The lowest BCUT2D eigenvalue weighted by molar-refractivity contribution is -0.154. The summed E-state index contributed by atoms with van der Waals surface area (Å²) in [5.41, 5.74) is 1.05. The maximum atomic E-state index is 12.4. The number of ether oxygens (including phenoxy) is 1. The van der Waals surface area contributed by atoms with Gasteiger partial charge in [0, 0.05) is 18.3 Å². The zero-order valence-electron chi connectivity index (χ0n) is 16.1. The summed E-state index contributed by atoms with van der Waals surface area (Å²) in [5, 5.41) is 5.16. The largest absolute Gasteiger partial charge is 0.454 e. The van der Waals surface area contributed by atoms with Crippen LogP contribution >= 0.6 is 0 Å². The Kier molecular flexibility index (Phi) is 6.26. The van der Waals surface area contributed by atoms with Gasteiger partial charge in [0.25, 0.3) is 5.91 Å². The van der Waals surface area contributed by atoms with Gasteiger partial charge >= 0.3 is 5.97 Å². The molecule has 2 aliphatic rings. The molecule has 0 radical (unpaired) electrons. The highest BCUT2D eigenvalue weighted by Crippen LogP contribution is 2.37. The van der Waals surface area contributed by atoms with E-state index >= 15 is 0 Å². The van der Waals surface area contributed by atoms with Gasteiger partial charge in [0.1, 0.15) is 6.54 Å². The number of anilines is 2. The Hall–Kier alpha value is -3.23. The van der Waals surface area contributed by atoms with Crippen LogP contribution in [0.4, 0.5) is 11.4 Å². The normalized spacial score (nSPS) is 20.8. The molecule has 1 aliphatic carbocycles. The van der Waals surface area contributed by atoms with Crippen molar-refractivity contribution in [2.75, 3.05) is 23.8 Å². The van der Waals surface area contributed by atoms with Gasteiger partial charge in [-0.3, -0.25) is 28.9 Å². The van der Waals surface area contributed by atoms with Crippen LogP contribution in [0.3, 0.4) is 0 Å². The van der Waals surface area contributed by atoms with Crippen LogP contribution in [0.1, 0.15) is 32.6 Å². The molecule has 0 aromatic heterocycles. The molecule has 1 saturated carbocycles. The second-order valence-corrected chi connectivity index (χ2v) is 7.23. The van der Waals surface area contributed by atoms with Crippen molar-refractivity contribution in [3.8, 4) is 0 Å². The number of nitrogens with zero attached hydrogens (tertiary/aromatic N) is 1. The van der Waals surface area contributed by atoms with E-state index in [0.717, 1.165) is 17.7 Å². The summed E-state index contributed by atoms with van der Waals surface area (Å²) in [6, 6.07) is 6.42. The molecule has 9 heteroatoms. The van der Waals surface area contributed by atoms with Crippen LogP contribution in [-0.4, -0.2) is 47.6 Å². The summed E-state index contributed by atoms with van der Waals surface area (Å²) in [6.45, 7) is 0.389. The third kappa shape index (κ3) is 4.98. The summed E-state index contributed by atoms with van der Waals surface area (Å²) < 4.78 is 4.91. The lowest BCUT2D eigenvalue weighted by Gasteiger charge is -2.19. The predicted octanol–water partition coefficient (Wildman–Crippen LogP) is 1.30. The Morgan fingerprint density at radius 1 is 0.966 bits per heavy atom. The number of carbonyl (C=O) groups excluding carboxylic acids is 5. The minimum absolute atomic E-state index is 0.206. The lowest BCUT2D eigenvalue weighted by atomic mass is 9.81. The Morgan fingerprint density at radius 3 is 2.00 bits per heavy atom. The van der Waals surface area contributed by atoms with Crippen molar-refractivity contribution in [2.24, 2.45) is 11.8 Å². The number of hydrogen-bond donors (Lipinski definition) is 2. The van der Waals surface area contributed by atoms with Gasteiger partial charge in [0.15, 0.2) is 6.61 Å². The standard InChI is InChI=1S/C20H23N3O6/c1-12(24)21-13-6-8-14(9-7-13)22-17(25)11-29-18(26)10-23-19(27)15-4-2-3-5-16(15)20(23)28/h6-9,15-16H,2-5,10-11H2,1H3,(H,21,24)(H,22,25)/t15-,16-/m1/s1. The van der Waals surface area contributed by atoms with Crippen molar-refractivity contribution in [1.29, 1.82) is 0 Å². The molecule has 29 heavy (non-hydrogen) atoms. The fourth-order valence-corrected chi connectivity index (χ4v) is 3.74. The number of amides is 4. The monoisotopic (exact) mass is 401 g/mol. The zero-order valence-corrected chi connectivity index (χ0v) is 16.1. The second-order valence-electron chi connectivity index (χ2n) is 7.23. The highest BCUT2D eigenvalue weighted by atomic mass is 16.5. The van der Waals surface area contributed by atoms with Crippen LogP contribution in [0, 0.1) is 11.8 Å². The van der Waals surface area contributed by atoms with E-state index in [1.807, 2.05) is 0 Å². The van der Waals surface area contributed by atoms with Gasteiger partial charge in [-0.1, -0.05) is 12.8 Å². The number of nitrogens with one attached hydrogen (secondary N) is 2. The highest BCUT2D eigenvalue weighted by Gasteiger charge is 2.48. The van der Waals surface area contributed by atoms with E-state index in [-0.39, 0.29) is 29.6 Å². The zero-order chi connectivity index (χ0) is 21.0. The molecule has 4 amide bonds. The molecule has 0 bridgehead atoms. The van der Waals surface area contributed by atoms with Gasteiger partial charge in [-0.2, -0.15) is 0 Å². The van der Waals surface area contributed by atoms with Crippen LogP contribution in [0.2, 0.25) is 0 Å². The van der Waals surface area contributed by atoms with Gasteiger partial charge < -0.3 is 15.4 Å². The van der Waals surface area contributed by atoms with Crippen LogP contribution in [0.15, 0.2) is 24.3 Å². The van der Waals surface area contributed by atoms with E-state index in [1.54, 1.807) is 24.3 Å². The molecule has 154 valence electrons. The smallest absolute Gasteiger partial charge is 0.326 e. The van der Waals surface area contributed by atoms with Crippen molar-refractivity contribution in [2.45, 2.75) is 32.6 Å². The van der Waals surface area contributed by atoms with E-state index in [9.17, 15) is 24.0 Å². The predicted molar refractivity (Wildman–Crippen MR) is 103 cm³/mol. The van der Waals surface area contributed by atoms with E-state index < -0.39 is 25.0 Å². The average molecular weight is 401 g/mol. The van der Waals surface area contributed by atoms with Crippen LogP contribution in [-0.2, 0) is 28.7 Å². The lowest BCUT2D eigenvalue weighted by Crippen LogP contribution is -2.37. The van der Waals surface area contributed by atoms with Crippen molar-refractivity contribution in [3.05, 3.63) is 24.3 Å². The maximum absolute atomic E-state index is 12.4. The first kappa shape index (κ1) is 20.5.